The molecule has 3 heteroatoms. The van der Waals surface area contributed by atoms with Crippen LogP contribution >= 0.6 is 0 Å². The fraction of sp³-hybridized carbons (Fsp3) is 0. The first kappa shape index (κ1) is 10.9. The van der Waals surface area contributed by atoms with Gasteiger partial charge in [-0.2, -0.15) is 0 Å². The maximum absolute atomic E-state index is 11.9. The second-order valence-corrected chi connectivity index (χ2v) is 4.35. The molecule has 0 radical (unpaired) electrons. The molecule has 0 bridgehead atoms. The molecule has 0 heterocycles. The van der Waals surface area contributed by atoms with Gasteiger partial charge in [0.25, 0.3) is 0 Å². The van der Waals surface area contributed by atoms with Gasteiger partial charge in [-0.3, -0.25) is 0 Å². The summed E-state index contributed by atoms with van der Waals surface area (Å²) < 4.78 is 0.920. The first-order valence-corrected chi connectivity index (χ1v) is 5.85. The van der Waals surface area contributed by atoms with Gasteiger partial charge in [0.2, 0.25) is 0 Å². The minimum absolute atomic E-state index is 0.0811. The maximum atomic E-state index is 11.9. The van der Waals surface area contributed by atoms with Crippen LogP contribution in [0.15, 0.2) is 54.6 Å². The Balaban J connectivity index is 2.19. The number of amides is 1. The van der Waals surface area contributed by atoms with Crippen molar-refractivity contribution in [2.75, 3.05) is 5.32 Å². The van der Waals surface area contributed by atoms with E-state index in [4.69, 9.17) is 0 Å². The molecule has 2 aromatic carbocycles. The Morgan fingerprint density at radius 1 is 0.938 bits per heavy atom. The predicted molar refractivity (Wildman–Crippen MR) is 67.6 cm³/mol. The number of carbonyl (C=O) groups is 1. The molecule has 0 saturated heterocycles. The van der Waals surface area contributed by atoms with Crippen molar-refractivity contribution in [2.24, 2.45) is 0 Å². The number of anilines is 1. The normalized spacial score (nSPS) is 9.81. The number of hydrogen-bond acceptors (Lipinski definition) is 1. The molecule has 1 N–H and O–H groups in total. The van der Waals surface area contributed by atoms with Crippen LogP contribution in [0.3, 0.4) is 0 Å². The van der Waals surface area contributed by atoms with E-state index >= 15 is 0 Å². The number of para-hydroxylation sites is 1. The van der Waals surface area contributed by atoms with Crippen molar-refractivity contribution in [3.05, 3.63) is 60.2 Å². The summed E-state index contributed by atoms with van der Waals surface area (Å²) in [5.74, 6) is -0.0811. The van der Waals surface area contributed by atoms with E-state index in [1.807, 2.05) is 54.6 Å². The summed E-state index contributed by atoms with van der Waals surface area (Å²) in [6.45, 7) is 0. The zero-order valence-corrected chi connectivity index (χ0v) is 10.4. The molecule has 0 aliphatic heterocycles. The minimum atomic E-state index is -0.0811. The van der Waals surface area contributed by atoms with Gasteiger partial charge in [-0.15, -0.1) is 0 Å². The quantitative estimate of drug-likeness (QED) is 0.827. The van der Waals surface area contributed by atoms with Gasteiger partial charge in [0, 0.05) is 0 Å². The van der Waals surface area contributed by atoms with Crippen molar-refractivity contribution < 1.29 is 4.79 Å². The van der Waals surface area contributed by atoms with Crippen molar-refractivity contribution in [3.8, 4) is 0 Å². The molecule has 0 saturated carbocycles. The molecule has 0 fully saturated rings. The molecular weight excluding hydrogens is 265 g/mol. The number of hydrogen-bond donors (Lipinski definition) is 1. The molecule has 0 unspecified atom stereocenters. The summed E-state index contributed by atoms with van der Waals surface area (Å²) in [5, 5.41) is 2.85. The summed E-state index contributed by atoms with van der Waals surface area (Å²) in [4.78, 5) is 11.9. The first-order valence-electron chi connectivity index (χ1n) is 4.92. The first-order chi connectivity index (χ1) is 7.77. The molecule has 1 amide bonds. The van der Waals surface area contributed by atoms with E-state index < -0.39 is 0 Å². The Morgan fingerprint density at radius 3 is 2.25 bits per heavy atom. The number of carbonyl (C=O) groups excluding carboxylic acids is 1. The van der Waals surface area contributed by atoms with Gasteiger partial charge in [-0.05, 0) is 0 Å². The van der Waals surface area contributed by atoms with E-state index in [0.717, 1.165) is 10.1 Å². The summed E-state index contributed by atoms with van der Waals surface area (Å²) in [6.07, 6.45) is 0. The number of nitrogens with one attached hydrogen (secondary N) is 1. The molecule has 2 nitrogen and oxygen atoms in total. The van der Waals surface area contributed by atoms with Crippen LogP contribution in [0.5, 0.6) is 0 Å². The zero-order chi connectivity index (χ0) is 11.4. The molecule has 0 atom stereocenters. The third-order valence-electron chi connectivity index (χ3n) is 2.18. The molecule has 80 valence electrons. The van der Waals surface area contributed by atoms with Gasteiger partial charge in [0.15, 0.2) is 0 Å². The third kappa shape index (κ3) is 2.51. The van der Waals surface area contributed by atoms with Crippen LogP contribution in [0.1, 0.15) is 10.4 Å². The van der Waals surface area contributed by atoms with Crippen LogP contribution in [0.2, 0.25) is 0 Å². The molecule has 0 aliphatic rings. The molecule has 16 heavy (non-hydrogen) atoms. The Morgan fingerprint density at radius 2 is 1.56 bits per heavy atom. The van der Waals surface area contributed by atoms with E-state index in [1.165, 1.54) is 0 Å². The van der Waals surface area contributed by atoms with Gasteiger partial charge in [-0.25, -0.2) is 0 Å². The molecule has 2 aromatic rings. The van der Waals surface area contributed by atoms with Crippen molar-refractivity contribution in [3.63, 3.8) is 0 Å². The van der Waals surface area contributed by atoms with Crippen LogP contribution in [0, 0.1) is 0 Å². The SMILES string of the molecule is O=C(Nc1ccccc1)c1ccccc1[SeH]. The van der Waals surface area contributed by atoms with Gasteiger partial charge < -0.3 is 0 Å². The van der Waals surface area contributed by atoms with Gasteiger partial charge in [0.05, 0.1) is 0 Å². The molecule has 0 spiro atoms. The van der Waals surface area contributed by atoms with Crippen LogP contribution in [-0.2, 0) is 0 Å². The summed E-state index contributed by atoms with van der Waals surface area (Å²) in [5.41, 5.74) is 1.50. The molecule has 2 rings (SSSR count). The standard InChI is InChI=1S/C13H11NOSe/c15-13(11-8-4-5-9-12(11)16)14-10-6-2-1-3-7-10/h1-9,16H,(H,14,15). The Bertz CT molecular complexity index is 496. The topological polar surface area (TPSA) is 29.1 Å². The summed E-state index contributed by atoms with van der Waals surface area (Å²) >= 11 is 2.40. The molecule has 0 aliphatic carbocycles. The summed E-state index contributed by atoms with van der Waals surface area (Å²) in [7, 11) is 0. The molecular formula is C13H11NOSe. The second-order valence-electron chi connectivity index (χ2n) is 3.34. The Kier molecular flexibility index (Phi) is 3.40. The van der Waals surface area contributed by atoms with E-state index in [9.17, 15) is 4.79 Å². The van der Waals surface area contributed by atoms with E-state index in [-0.39, 0.29) is 5.91 Å². The van der Waals surface area contributed by atoms with E-state index in [1.54, 1.807) is 0 Å². The van der Waals surface area contributed by atoms with Gasteiger partial charge in [-0.1, -0.05) is 0 Å². The van der Waals surface area contributed by atoms with Crippen LogP contribution < -0.4 is 9.78 Å². The van der Waals surface area contributed by atoms with Crippen LogP contribution in [0.4, 0.5) is 5.69 Å². The Hall–Kier alpha value is -1.57. The average molecular weight is 276 g/mol. The van der Waals surface area contributed by atoms with Crippen molar-refractivity contribution >= 4 is 32.1 Å². The molecule has 0 aromatic heterocycles. The predicted octanol–water partition coefficient (Wildman–Crippen LogP) is 1.46. The fourth-order valence-electron chi connectivity index (χ4n) is 1.39. The van der Waals surface area contributed by atoms with Crippen LogP contribution in [0.25, 0.3) is 0 Å². The van der Waals surface area contributed by atoms with Crippen molar-refractivity contribution in [1.82, 2.24) is 0 Å². The van der Waals surface area contributed by atoms with E-state index in [2.05, 4.69) is 21.3 Å². The number of rotatable bonds is 2. The average Bonchev–Trinajstić information content (AvgIpc) is 2.31. The Labute approximate surface area is 102 Å². The van der Waals surface area contributed by atoms with Crippen molar-refractivity contribution in [1.29, 1.82) is 0 Å². The fourth-order valence-corrected chi connectivity index (χ4v) is 1.94. The summed E-state index contributed by atoms with van der Waals surface area (Å²) in [6, 6.07) is 16.9. The van der Waals surface area contributed by atoms with Crippen molar-refractivity contribution in [2.45, 2.75) is 0 Å². The van der Waals surface area contributed by atoms with Gasteiger partial charge in [0.1, 0.15) is 0 Å². The van der Waals surface area contributed by atoms with Gasteiger partial charge >= 0.3 is 102 Å². The third-order valence-corrected chi connectivity index (χ3v) is 3.00. The van der Waals surface area contributed by atoms with Crippen LogP contribution in [-0.4, -0.2) is 21.9 Å². The zero-order valence-electron chi connectivity index (χ0n) is 8.55. The monoisotopic (exact) mass is 277 g/mol. The second kappa shape index (κ2) is 4.97. The number of benzene rings is 2. The van der Waals surface area contributed by atoms with E-state index in [0.29, 0.717) is 5.56 Å².